The molecule has 0 aromatic heterocycles. The lowest BCUT2D eigenvalue weighted by molar-refractivity contribution is -0.134. The minimum absolute atomic E-state index is 0.0226. The maximum absolute atomic E-state index is 11.5. The average molecular weight is 279 g/mol. The first-order valence-electron chi connectivity index (χ1n) is 6.02. The number of aliphatic hydroxyl groups is 1. The summed E-state index contributed by atoms with van der Waals surface area (Å²) in [5, 5.41) is 20.1. The van der Waals surface area contributed by atoms with E-state index in [1.165, 1.54) is 6.08 Å². The van der Waals surface area contributed by atoms with Crippen molar-refractivity contribution in [2.75, 3.05) is 20.3 Å². The van der Waals surface area contributed by atoms with E-state index in [0.29, 0.717) is 11.3 Å². The minimum Gasteiger partial charge on any atom is -0.497 e. The summed E-state index contributed by atoms with van der Waals surface area (Å²) in [4.78, 5) is 22.6. The van der Waals surface area contributed by atoms with Crippen LogP contribution in [-0.4, -0.2) is 42.4 Å². The zero-order chi connectivity index (χ0) is 15.0. The van der Waals surface area contributed by atoms with Crippen LogP contribution in [0.2, 0.25) is 0 Å². The van der Waals surface area contributed by atoms with E-state index in [9.17, 15) is 9.59 Å². The second-order valence-electron chi connectivity index (χ2n) is 4.00. The largest absolute Gasteiger partial charge is 0.497 e. The molecule has 0 unspecified atom stereocenters. The number of methoxy groups -OCH3 is 1. The predicted molar refractivity (Wildman–Crippen MR) is 73.3 cm³/mol. The van der Waals surface area contributed by atoms with Crippen molar-refractivity contribution >= 4 is 18.0 Å². The van der Waals surface area contributed by atoms with Crippen molar-refractivity contribution in [2.24, 2.45) is 0 Å². The first-order valence-corrected chi connectivity index (χ1v) is 6.02. The van der Waals surface area contributed by atoms with Crippen molar-refractivity contribution in [1.29, 1.82) is 0 Å². The number of benzene rings is 1. The smallest absolute Gasteiger partial charge is 0.332 e. The highest BCUT2D eigenvalue weighted by Gasteiger charge is 2.12. The van der Waals surface area contributed by atoms with Crippen molar-refractivity contribution in [3.05, 3.63) is 35.4 Å². The normalized spacial score (nSPS) is 11.0. The second kappa shape index (κ2) is 7.96. The van der Waals surface area contributed by atoms with Crippen molar-refractivity contribution < 1.29 is 24.5 Å². The molecule has 1 amide bonds. The fourth-order valence-corrected chi connectivity index (χ4v) is 1.52. The van der Waals surface area contributed by atoms with Crippen LogP contribution in [0.5, 0.6) is 5.75 Å². The van der Waals surface area contributed by atoms with Crippen LogP contribution in [0.3, 0.4) is 0 Å². The van der Waals surface area contributed by atoms with Crippen molar-refractivity contribution in [1.82, 2.24) is 5.32 Å². The van der Waals surface area contributed by atoms with Gasteiger partial charge in [-0.25, -0.2) is 4.79 Å². The molecule has 20 heavy (non-hydrogen) atoms. The number of ether oxygens (including phenoxy) is 1. The molecule has 0 fully saturated rings. The quantitative estimate of drug-likeness (QED) is 0.637. The van der Waals surface area contributed by atoms with Gasteiger partial charge in [-0.05, 0) is 23.8 Å². The molecule has 0 aliphatic carbocycles. The van der Waals surface area contributed by atoms with Crippen LogP contribution in [0, 0.1) is 0 Å². The molecule has 1 aromatic rings. The molecule has 1 aromatic carbocycles. The van der Waals surface area contributed by atoms with Gasteiger partial charge < -0.3 is 20.3 Å². The summed E-state index contributed by atoms with van der Waals surface area (Å²) in [5.41, 5.74) is 0.642. The summed E-state index contributed by atoms with van der Waals surface area (Å²) in [6.45, 7) is -0.0788. The van der Waals surface area contributed by atoms with Crippen LogP contribution in [0.25, 0.3) is 6.08 Å². The maximum atomic E-state index is 11.5. The molecule has 0 atom stereocenters. The summed E-state index contributed by atoms with van der Waals surface area (Å²) in [6.07, 6.45) is 1.18. The molecule has 0 aliphatic rings. The second-order valence-corrected chi connectivity index (χ2v) is 4.00. The Hall–Kier alpha value is -2.34. The SMILES string of the molecule is COc1ccc(C=C(CC(=O)NCCO)C(=O)O)cc1. The molecule has 0 spiro atoms. The summed E-state index contributed by atoms with van der Waals surface area (Å²) >= 11 is 0. The molecule has 0 saturated heterocycles. The van der Waals surface area contributed by atoms with Gasteiger partial charge in [0.2, 0.25) is 5.91 Å². The first kappa shape index (κ1) is 15.7. The predicted octanol–water partition coefficient (Wildman–Crippen LogP) is 0.662. The van der Waals surface area contributed by atoms with Crippen molar-refractivity contribution in [3.8, 4) is 5.75 Å². The highest BCUT2D eigenvalue weighted by Crippen LogP contribution is 2.15. The fraction of sp³-hybridized carbons (Fsp3) is 0.286. The van der Waals surface area contributed by atoms with Gasteiger partial charge in [-0.1, -0.05) is 12.1 Å². The van der Waals surface area contributed by atoms with E-state index in [2.05, 4.69) is 5.32 Å². The summed E-state index contributed by atoms with van der Waals surface area (Å²) in [6, 6.07) is 6.81. The number of aliphatic carboxylic acids is 1. The monoisotopic (exact) mass is 279 g/mol. The number of carboxylic acid groups (broad SMARTS) is 1. The molecule has 6 heteroatoms. The molecule has 0 aliphatic heterocycles. The molecule has 3 N–H and O–H groups in total. The van der Waals surface area contributed by atoms with Gasteiger partial charge in [-0.2, -0.15) is 0 Å². The summed E-state index contributed by atoms with van der Waals surface area (Å²) in [5.74, 6) is -0.930. The number of aliphatic hydroxyl groups excluding tert-OH is 1. The average Bonchev–Trinajstić information content (AvgIpc) is 2.45. The number of carbonyl (C=O) groups excluding carboxylic acids is 1. The number of hydrogen-bond donors (Lipinski definition) is 3. The molecular weight excluding hydrogens is 262 g/mol. The van der Waals surface area contributed by atoms with Gasteiger partial charge in [0.15, 0.2) is 0 Å². The molecular formula is C14H17NO5. The highest BCUT2D eigenvalue weighted by molar-refractivity contribution is 5.98. The third-order valence-corrected chi connectivity index (χ3v) is 2.52. The van der Waals surface area contributed by atoms with Crippen molar-refractivity contribution in [2.45, 2.75) is 6.42 Å². The van der Waals surface area contributed by atoms with E-state index in [1.54, 1.807) is 31.4 Å². The fourth-order valence-electron chi connectivity index (χ4n) is 1.52. The Morgan fingerprint density at radius 2 is 1.95 bits per heavy atom. The van der Waals surface area contributed by atoms with Gasteiger partial charge in [0, 0.05) is 12.1 Å². The van der Waals surface area contributed by atoms with Gasteiger partial charge in [0.25, 0.3) is 0 Å². The van der Waals surface area contributed by atoms with Crippen LogP contribution in [0.1, 0.15) is 12.0 Å². The summed E-state index contributed by atoms with van der Waals surface area (Å²) in [7, 11) is 1.54. The third-order valence-electron chi connectivity index (χ3n) is 2.52. The highest BCUT2D eigenvalue weighted by atomic mass is 16.5. The molecule has 108 valence electrons. The Bertz CT molecular complexity index is 493. The Labute approximate surface area is 116 Å². The Balaban J connectivity index is 2.81. The number of hydrogen-bond acceptors (Lipinski definition) is 4. The minimum atomic E-state index is -1.15. The molecule has 6 nitrogen and oxygen atoms in total. The van der Waals surface area contributed by atoms with Gasteiger partial charge >= 0.3 is 5.97 Å². The molecule has 0 heterocycles. The van der Waals surface area contributed by atoms with Gasteiger partial charge in [-0.3, -0.25) is 4.79 Å². The van der Waals surface area contributed by atoms with E-state index in [1.807, 2.05) is 0 Å². The zero-order valence-corrected chi connectivity index (χ0v) is 11.1. The summed E-state index contributed by atoms with van der Waals surface area (Å²) < 4.78 is 5.01. The lowest BCUT2D eigenvalue weighted by atomic mass is 10.1. The Kier molecular flexibility index (Phi) is 6.25. The van der Waals surface area contributed by atoms with Gasteiger partial charge in [0.05, 0.1) is 20.1 Å². The first-order chi connectivity index (χ1) is 9.56. The molecule has 1 rings (SSSR count). The van der Waals surface area contributed by atoms with E-state index in [4.69, 9.17) is 14.9 Å². The van der Waals surface area contributed by atoms with Crippen LogP contribution in [0.4, 0.5) is 0 Å². The number of carboxylic acids is 1. The lowest BCUT2D eigenvalue weighted by Crippen LogP contribution is -2.27. The topological polar surface area (TPSA) is 95.9 Å². The van der Waals surface area contributed by atoms with E-state index in [-0.39, 0.29) is 25.1 Å². The molecule has 0 radical (unpaired) electrons. The van der Waals surface area contributed by atoms with Gasteiger partial charge in [0.1, 0.15) is 5.75 Å². The standard InChI is InChI=1S/C14H17NO5/c1-20-12-4-2-10(3-5-12)8-11(14(18)19)9-13(17)15-6-7-16/h2-5,8,16H,6-7,9H2,1H3,(H,15,17)(H,18,19). The zero-order valence-electron chi connectivity index (χ0n) is 11.1. The molecule has 0 bridgehead atoms. The van der Waals surface area contributed by atoms with Crippen molar-refractivity contribution in [3.63, 3.8) is 0 Å². The number of amides is 1. The molecule has 0 saturated carbocycles. The third kappa shape index (κ3) is 5.11. The van der Waals surface area contributed by atoms with E-state index in [0.717, 1.165) is 0 Å². The number of carbonyl (C=O) groups is 2. The van der Waals surface area contributed by atoms with Crippen LogP contribution < -0.4 is 10.1 Å². The van der Waals surface area contributed by atoms with Gasteiger partial charge in [-0.15, -0.1) is 0 Å². The number of rotatable bonds is 7. The van der Waals surface area contributed by atoms with Crippen LogP contribution in [-0.2, 0) is 9.59 Å². The number of nitrogens with one attached hydrogen (secondary N) is 1. The Morgan fingerprint density at radius 1 is 1.30 bits per heavy atom. The van der Waals surface area contributed by atoms with E-state index < -0.39 is 11.9 Å². The van der Waals surface area contributed by atoms with Crippen LogP contribution >= 0.6 is 0 Å². The van der Waals surface area contributed by atoms with E-state index >= 15 is 0 Å². The maximum Gasteiger partial charge on any atom is 0.332 e. The lowest BCUT2D eigenvalue weighted by Gasteiger charge is -2.05. The van der Waals surface area contributed by atoms with Crippen LogP contribution in [0.15, 0.2) is 29.8 Å². The Morgan fingerprint density at radius 3 is 2.45 bits per heavy atom.